The second-order valence-electron chi connectivity index (χ2n) is 6.41. The molecule has 1 fully saturated rings. The van der Waals surface area contributed by atoms with Gasteiger partial charge in [0.15, 0.2) is 0 Å². The van der Waals surface area contributed by atoms with Gasteiger partial charge in [0.05, 0.1) is 6.04 Å². The van der Waals surface area contributed by atoms with Crippen LogP contribution in [0.2, 0.25) is 0 Å². The van der Waals surface area contributed by atoms with Crippen molar-refractivity contribution in [2.24, 2.45) is 17.1 Å². The summed E-state index contributed by atoms with van der Waals surface area (Å²) in [5.74, 6) is 0.655. The van der Waals surface area contributed by atoms with E-state index in [0.717, 1.165) is 12.8 Å². The van der Waals surface area contributed by atoms with Gasteiger partial charge in [0.1, 0.15) is 0 Å². The fourth-order valence-electron chi connectivity index (χ4n) is 2.55. The Labute approximate surface area is 106 Å². The van der Waals surface area contributed by atoms with Crippen LogP contribution in [0.1, 0.15) is 59.8 Å². The van der Waals surface area contributed by atoms with Crippen LogP contribution in [0.4, 0.5) is 0 Å². The summed E-state index contributed by atoms with van der Waals surface area (Å²) in [5.41, 5.74) is 5.82. The number of hydrogen-bond donors (Lipinski definition) is 2. The average Bonchev–Trinajstić information content (AvgIpc) is 2.27. The second-order valence-corrected chi connectivity index (χ2v) is 6.41. The van der Waals surface area contributed by atoms with E-state index in [1.165, 1.54) is 19.3 Å². The van der Waals surface area contributed by atoms with Crippen molar-refractivity contribution in [3.05, 3.63) is 0 Å². The lowest BCUT2D eigenvalue weighted by molar-refractivity contribution is -0.125. The van der Waals surface area contributed by atoms with E-state index < -0.39 is 6.04 Å². The van der Waals surface area contributed by atoms with E-state index >= 15 is 0 Å². The third kappa shape index (κ3) is 3.98. The SMILES string of the molecule is CCC1CCCCC1NC(=O)[C@H](N)C(C)(C)C. The summed E-state index contributed by atoms with van der Waals surface area (Å²) < 4.78 is 0. The van der Waals surface area contributed by atoms with Crippen LogP contribution in [0, 0.1) is 11.3 Å². The number of nitrogens with two attached hydrogens (primary N) is 1. The van der Waals surface area contributed by atoms with Crippen molar-refractivity contribution in [1.82, 2.24) is 5.32 Å². The van der Waals surface area contributed by atoms with Gasteiger partial charge in [0, 0.05) is 6.04 Å². The summed E-state index contributed by atoms with van der Waals surface area (Å²) in [6, 6.07) is -0.0726. The average molecular weight is 240 g/mol. The molecule has 0 bridgehead atoms. The normalized spacial score (nSPS) is 27.6. The number of nitrogens with one attached hydrogen (secondary N) is 1. The standard InChI is InChI=1S/C14H28N2O/c1-5-10-8-6-7-9-11(10)16-13(17)12(15)14(2,3)4/h10-12H,5-9,15H2,1-4H3,(H,16,17)/t10?,11?,12-/m0/s1. The Morgan fingerprint density at radius 3 is 2.47 bits per heavy atom. The van der Waals surface area contributed by atoms with Crippen molar-refractivity contribution in [2.45, 2.75) is 71.9 Å². The third-order valence-corrected chi connectivity index (χ3v) is 3.98. The van der Waals surface area contributed by atoms with E-state index in [1.54, 1.807) is 0 Å². The number of carbonyl (C=O) groups is 1. The Hall–Kier alpha value is -0.570. The van der Waals surface area contributed by atoms with Gasteiger partial charge in [0.25, 0.3) is 0 Å². The first-order valence-electron chi connectivity index (χ1n) is 6.92. The maximum absolute atomic E-state index is 12.1. The Morgan fingerprint density at radius 2 is 1.94 bits per heavy atom. The van der Waals surface area contributed by atoms with Crippen LogP contribution >= 0.6 is 0 Å². The Bertz CT molecular complexity index is 257. The summed E-state index contributed by atoms with van der Waals surface area (Å²) >= 11 is 0. The minimum atomic E-state index is -0.415. The molecule has 1 aliphatic carbocycles. The molecule has 3 atom stereocenters. The van der Waals surface area contributed by atoms with Crippen LogP contribution in [0.5, 0.6) is 0 Å². The molecule has 0 aliphatic heterocycles. The molecule has 0 aromatic heterocycles. The Kier molecular flexibility index (Phi) is 4.99. The highest BCUT2D eigenvalue weighted by Crippen LogP contribution is 2.27. The molecule has 1 aliphatic rings. The largest absolute Gasteiger partial charge is 0.352 e. The number of hydrogen-bond acceptors (Lipinski definition) is 2. The van der Waals surface area contributed by atoms with Crippen LogP contribution in [0.3, 0.4) is 0 Å². The predicted molar refractivity (Wildman–Crippen MR) is 71.6 cm³/mol. The zero-order valence-electron chi connectivity index (χ0n) is 11.8. The van der Waals surface area contributed by atoms with Crippen molar-refractivity contribution in [1.29, 1.82) is 0 Å². The van der Waals surface area contributed by atoms with Crippen molar-refractivity contribution >= 4 is 5.91 Å². The van der Waals surface area contributed by atoms with Crippen LogP contribution < -0.4 is 11.1 Å². The Balaban J connectivity index is 2.55. The highest BCUT2D eigenvalue weighted by atomic mass is 16.2. The summed E-state index contributed by atoms with van der Waals surface area (Å²) in [5, 5.41) is 3.16. The van der Waals surface area contributed by atoms with E-state index in [1.807, 2.05) is 20.8 Å². The molecule has 3 nitrogen and oxygen atoms in total. The van der Waals surface area contributed by atoms with Crippen molar-refractivity contribution in [3.63, 3.8) is 0 Å². The number of carbonyl (C=O) groups excluding carboxylic acids is 1. The Morgan fingerprint density at radius 1 is 1.35 bits per heavy atom. The molecule has 17 heavy (non-hydrogen) atoms. The zero-order valence-corrected chi connectivity index (χ0v) is 11.8. The van der Waals surface area contributed by atoms with Gasteiger partial charge >= 0.3 is 0 Å². The monoisotopic (exact) mass is 240 g/mol. The predicted octanol–water partition coefficient (Wildman–Crippen LogP) is 2.44. The molecule has 0 aromatic carbocycles. The zero-order chi connectivity index (χ0) is 13.1. The quantitative estimate of drug-likeness (QED) is 0.796. The topological polar surface area (TPSA) is 55.1 Å². The van der Waals surface area contributed by atoms with Gasteiger partial charge in [0.2, 0.25) is 5.91 Å². The van der Waals surface area contributed by atoms with E-state index in [0.29, 0.717) is 12.0 Å². The van der Waals surface area contributed by atoms with Crippen LogP contribution in [0.15, 0.2) is 0 Å². The first-order chi connectivity index (χ1) is 7.86. The number of amides is 1. The van der Waals surface area contributed by atoms with Gasteiger partial charge in [-0.2, -0.15) is 0 Å². The lowest BCUT2D eigenvalue weighted by Gasteiger charge is -2.34. The highest BCUT2D eigenvalue weighted by Gasteiger charge is 2.31. The second kappa shape index (κ2) is 5.85. The summed E-state index contributed by atoms with van der Waals surface area (Å²) in [7, 11) is 0. The van der Waals surface area contributed by atoms with E-state index in [2.05, 4.69) is 12.2 Å². The number of rotatable bonds is 3. The minimum Gasteiger partial charge on any atom is -0.352 e. The third-order valence-electron chi connectivity index (χ3n) is 3.98. The van der Waals surface area contributed by atoms with Crippen LogP contribution in [-0.2, 0) is 4.79 Å². The van der Waals surface area contributed by atoms with Crippen LogP contribution in [0.25, 0.3) is 0 Å². The van der Waals surface area contributed by atoms with Gasteiger partial charge in [-0.25, -0.2) is 0 Å². The van der Waals surface area contributed by atoms with E-state index in [9.17, 15) is 4.79 Å². The first kappa shape index (κ1) is 14.5. The van der Waals surface area contributed by atoms with Gasteiger partial charge < -0.3 is 11.1 Å². The van der Waals surface area contributed by atoms with Crippen molar-refractivity contribution in [3.8, 4) is 0 Å². The molecule has 0 radical (unpaired) electrons. The van der Waals surface area contributed by atoms with Gasteiger partial charge in [-0.1, -0.05) is 47.0 Å². The van der Waals surface area contributed by atoms with Gasteiger partial charge in [-0.3, -0.25) is 4.79 Å². The lowest BCUT2D eigenvalue weighted by atomic mass is 9.81. The van der Waals surface area contributed by atoms with Gasteiger partial charge in [-0.05, 0) is 24.2 Å². The first-order valence-corrected chi connectivity index (χ1v) is 6.92. The molecule has 3 N–H and O–H groups in total. The van der Waals surface area contributed by atoms with Crippen molar-refractivity contribution < 1.29 is 4.79 Å². The van der Waals surface area contributed by atoms with E-state index in [-0.39, 0.29) is 11.3 Å². The maximum atomic E-state index is 12.1. The summed E-state index contributed by atoms with van der Waals surface area (Å²) in [6.07, 6.45) is 6.03. The fraction of sp³-hybridized carbons (Fsp3) is 0.929. The summed E-state index contributed by atoms with van der Waals surface area (Å²) in [4.78, 5) is 12.1. The van der Waals surface area contributed by atoms with Crippen molar-refractivity contribution in [2.75, 3.05) is 0 Å². The maximum Gasteiger partial charge on any atom is 0.237 e. The molecule has 3 heteroatoms. The highest BCUT2D eigenvalue weighted by molar-refractivity contribution is 5.82. The molecule has 100 valence electrons. The molecular weight excluding hydrogens is 212 g/mol. The molecule has 2 unspecified atom stereocenters. The molecule has 1 saturated carbocycles. The molecule has 0 saturated heterocycles. The van der Waals surface area contributed by atoms with E-state index in [4.69, 9.17) is 5.73 Å². The molecule has 1 rings (SSSR count). The fourth-order valence-corrected chi connectivity index (χ4v) is 2.55. The molecule has 0 spiro atoms. The van der Waals surface area contributed by atoms with Gasteiger partial charge in [-0.15, -0.1) is 0 Å². The molecular formula is C14H28N2O. The molecule has 0 aromatic rings. The van der Waals surface area contributed by atoms with Crippen LogP contribution in [-0.4, -0.2) is 18.0 Å². The smallest absolute Gasteiger partial charge is 0.237 e. The minimum absolute atomic E-state index is 0.0165. The molecule has 0 heterocycles. The summed E-state index contributed by atoms with van der Waals surface area (Å²) in [6.45, 7) is 8.24. The molecule has 1 amide bonds. The lowest BCUT2D eigenvalue weighted by Crippen LogP contribution is -2.53.